The third kappa shape index (κ3) is 4.36. The van der Waals surface area contributed by atoms with Crippen LogP contribution in [0.2, 0.25) is 0 Å². The van der Waals surface area contributed by atoms with E-state index in [0.29, 0.717) is 0 Å². The van der Waals surface area contributed by atoms with E-state index in [0.717, 1.165) is 35.2 Å². The molecule has 3 heteroatoms. The van der Waals surface area contributed by atoms with E-state index < -0.39 is 0 Å². The lowest BCUT2D eigenvalue weighted by Gasteiger charge is -2.27. The highest BCUT2D eigenvalue weighted by atomic mass is 79.9. The number of nitrogens with zero attached hydrogens (tertiary/aromatic N) is 1. The van der Waals surface area contributed by atoms with Crippen LogP contribution in [0.25, 0.3) is 0 Å². The van der Waals surface area contributed by atoms with Crippen LogP contribution in [0, 0.1) is 11.8 Å². The van der Waals surface area contributed by atoms with Gasteiger partial charge in [-0.3, -0.25) is 0 Å². The van der Waals surface area contributed by atoms with Crippen molar-refractivity contribution in [3.63, 3.8) is 0 Å². The van der Waals surface area contributed by atoms with E-state index in [1.807, 2.05) is 12.1 Å². The van der Waals surface area contributed by atoms with Crippen molar-refractivity contribution in [2.24, 2.45) is 11.8 Å². The summed E-state index contributed by atoms with van der Waals surface area (Å²) < 4.78 is 0.922. The summed E-state index contributed by atoms with van der Waals surface area (Å²) >= 11 is 3.41. The number of aromatic nitrogens is 1. The van der Waals surface area contributed by atoms with Crippen LogP contribution in [0.4, 0.5) is 0 Å². The molecule has 0 unspecified atom stereocenters. The molecule has 1 aliphatic rings. The number of halogens is 1. The average molecular weight is 311 g/mol. The van der Waals surface area contributed by atoms with Crippen LogP contribution in [0.15, 0.2) is 22.8 Å². The topological polar surface area (TPSA) is 24.9 Å². The summed E-state index contributed by atoms with van der Waals surface area (Å²) in [5.74, 6) is 1.87. The zero-order chi connectivity index (χ0) is 12.8. The van der Waals surface area contributed by atoms with Crippen LogP contribution in [0.3, 0.4) is 0 Å². The molecule has 0 amide bonds. The van der Waals surface area contributed by atoms with Crippen LogP contribution in [-0.4, -0.2) is 11.5 Å². The minimum atomic E-state index is 0.875. The van der Waals surface area contributed by atoms with Crippen LogP contribution >= 0.6 is 15.9 Å². The summed E-state index contributed by atoms with van der Waals surface area (Å²) in [4.78, 5) is 4.44. The van der Waals surface area contributed by atoms with E-state index in [1.54, 1.807) is 0 Å². The van der Waals surface area contributed by atoms with Crippen LogP contribution in [0.1, 0.15) is 44.7 Å². The Morgan fingerprint density at radius 3 is 2.61 bits per heavy atom. The number of hydrogen-bond acceptors (Lipinski definition) is 2. The van der Waals surface area contributed by atoms with Gasteiger partial charge >= 0.3 is 0 Å². The Kier molecular flexibility index (Phi) is 5.64. The monoisotopic (exact) mass is 310 g/mol. The van der Waals surface area contributed by atoms with Crippen molar-refractivity contribution in [2.75, 3.05) is 6.54 Å². The number of rotatable bonds is 5. The van der Waals surface area contributed by atoms with E-state index in [1.165, 1.54) is 32.1 Å². The molecule has 18 heavy (non-hydrogen) atoms. The lowest BCUT2D eigenvalue weighted by Crippen LogP contribution is -2.26. The van der Waals surface area contributed by atoms with Gasteiger partial charge in [-0.15, -0.1) is 0 Å². The molecule has 0 aromatic carbocycles. The molecule has 2 nitrogen and oxygen atoms in total. The maximum atomic E-state index is 4.44. The molecule has 1 N–H and O–H groups in total. The first-order chi connectivity index (χ1) is 8.78. The van der Waals surface area contributed by atoms with Crippen molar-refractivity contribution in [3.05, 3.63) is 28.5 Å². The number of nitrogens with one attached hydrogen (secondary N) is 1. The van der Waals surface area contributed by atoms with E-state index in [4.69, 9.17) is 0 Å². The molecule has 1 fully saturated rings. The van der Waals surface area contributed by atoms with Gasteiger partial charge in [-0.05, 0) is 59.3 Å². The molecule has 0 saturated heterocycles. The predicted molar refractivity (Wildman–Crippen MR) is 79.4 cm³/mol. The molecule has 1 saturated carbocycles. The normalized spacial score (nSPS) is 24.1. The molecule has 100 valence electrons. The first-order valence-corrected chi connectivity index (χ1v) is 7.89. The lowest BCUT2D eigenvalue weighted by atomic mass is 9.81. The fraction of sp³-hybridized carbons (Fsp3) is 0.667. The Morgan fingerprint density at radius 1 is 1.22 bits per heavy atom. The predicted octanol–water partition coefficient (Wildman–Crippen LogP) is 4.15. The zero-order valence-corrected chi connectivity index (χ0v) is 12.7. The summed E-state index contributed by atoms with van der Waals surface area (Å²) in [5.41, 5.74) is 1.12. The van der Waals surface area contributed by atoms with Crippen molar-refractivity contribution >= 4 is 15.9 Å². The van der Waals surface area contributed by atoms with Crippen LogP contribution in [-0.2, 0) is 6.54 Å². The Bertz CT molecular complexity index is 359. The molecule has 0 bridgehead atoms. The summed E-state index contributed by atoms with van der Waals surface area (Å²) in [6, 6.07) is 6.09. The SMILES string of the molecule is CCC1CCC(CNCc2cccc(Br)n2)CC1. The Balaban J connectivity index is 1.67. The van der Waals surface area contributed by atoms with Gasteiger partial charge in [0, 0.05) is 6.54 Å². The molecule has 0 spiro atoms. The Hall–Kier alpha value is -0.410. The third-order valence-corrected chi connectivity index (χ3v) is 4.50. The van der Waals surface area contributed by atoms with Gasteiger partial charge in [0.1, 0.15) is 4.60 Å². The first kappa shape index (κ1) is 14.0. The minimum Gasteiger partial charge on any atom is -0.311 e. The highest BCUT2D eigenvalue weighted by molar-refractivity contribution is 9.10. The standard InChI is InChI=1S/C15H23BrN2/c1-2-12-6-8-13(9-7-12)10-17-11-14-4-3-5-15(16)18-14/h3-5,12-13,17H,2,6-11H2,1H3. The van der Waals surface area contributed by atoms with E-state index >= 15 is 0 Å². The second-order valence-corrected chi connectivity index (χ2v) is 6.19. The lowest BCUT2D eigenvalue weighted by molar-refractivity contribution is 0.262. The molecule has 1 aromatic rings. The summed E-state index contributed by atoms with van der Waals surface area (Å²) in [6.07, 6.45) is 7.02. The van der Waals surface area contributed by atoms with Gasteiger partial charge in [0.15, 0.2) is 0 Å². The fourth-order valence-corrected chi connectivity index (χ4v) is 3.18. The van der Waals surface area contributed by atoms with E-state index in [9.17, 15) is 0 Å². The van der Waals surface area contributed by atoms with Gasteiger partial charge in [-0.2, -0.15) is 0 Å². The Morgan fingerprint density at radius 2 is 1.94 bits per heavy atom. The largest absolute Gasteiger partial charge is 0.311 e. The molecule has 1 heterocycles. The second-order valence-electron chi connectivity index (χ2n) is 5.38. The minimum absolute atomic E-state index is 0.875. The second kappa shape index (κ2) is 7.25. The maximum absolute atomic E-state index is 4.44. The summed E-state index contributed by atoms with van der Waals surface area (Å²) in [6.45, 7) is 4.35. The molecule has 0 radical (unpaired) electrons. The molecule has 1 aromatic heterocycles. The number of pyridine rings is 1. The van der Waals surface area contributed by atoms with E-state index in [-0.39, 0.29) is 0 Å². The highest BCUT2D eigenvalue weighted by Gasteiger charge is 2.19. The first-order valence-electron chi connectivity index (χ1n) is 7.10. The van der Waals surface area contributed by atoms with Crippen molar-refractivity contribution in [1.82, 2.24) is 10.3 Å². The van der Waals surface area contributed by atoms with Crippen molar-refractivity contribution < 1.29 is 0 Å². The smallest absolute Gasteiger partial charge is 0.106 e. The maximum Gasteiger partial charge on any atom is 0.106 e. The van der Waals surface area contributed by atoms with E-state index in [2.05, 4.69) is 39.2 Å². The average Bonchev–Trinajstić information content (AvgIpc) is 2.40. The molecule has 2 rings (SSSR count). The van der Waals surface area contributed by atoms with Crippen molar-refractivity contribution in [2.45, 2.75) is 45.6 Å². The summed E-state index contributed by atoms with van der Waals surface area (Å²) in [5, 5.41) is 3.55. The highest BCUT2D eigenvalue weighted by Crippen LogP contribution is 2.30. The van der Waals surface area contributed by atoms with Gasteiger partial charge in [-0.1, -0.05) is 32.3 Å². The van der Waals surface area contributed by atoms with Crippen LogP contribution < -0.4 is 5.32 Å². The summed E-state index contributed by atoms with van der Waals surface area (Å²) in [7, 11) is 0. The Labute approximate surface area is 119 Å². The van der Waals surface area contributed by atoms with Crippen molar-refractivity contribution in [1.29, 1.82) is 0 Å². The number of hydrogen-bond donors (Lipinski definition) is 1. The molecular formula is C15H23BrN2. The van der Waals surface area contributed by atoms with Crippen molar-refractivity contribution in [3.8, 4) is 0 Å². The third-order valence-electron chi connectivity index (χ3n) is 4.06. The van der Waals surface area contributed by atoms with Gasteiger partial charge < -0.3 is 5.32 Å². The fourth-order valence-electron chi connectivity index (χ4n) is 2.80. The molecule has 0 atom stereocenters. The van der Waals surface area contributed by atoms with Gasteiger partial charge in [0.05, 0.1) is 5.69 Å². The molecule has 0 aliphatic heterocycles. The quantitative estimate of drug-likeness (QED) is 0.826. The molecule has 1 aliphatic carbocycles. The van der Waals surface area contributed by atoms with Crippen LogP contribution in [0.5, 0.6) is 0 Å². The molecular weight excluding hydrogens is 288 g/mol. The zero-order valence-electron chi connectivity index (χ0n) is 11.2. The van der Waals surface area contributed by atoms with Gasteiger partial charge in [-0.25, -0.2) is 4.98 Å². The van der Waals surface area contributed by atoms with Gasteiger partial charge in [0.25, 0.3) is 0 Å². The van der Waals surface area contributed by atoms with Gasteiger partial charge in [0.2, 0.25) is 0 Å².